The van der Waals surface area contributed by atoms with E-state index in [4.69, 9.17) is 0 Å². The van der Waals surface area contributed by atoms with Gasteiger partial charge in [-0.1, -0.05) is 48.5 Å². The number of rotatable bonds is 1. The first-order valence-corrected chi connectivity index (χ1v) is 5.48. The van der Waals surface area contributed by atoms with Crippen LogP contribution in [0.25, 0.3) is 21.9 Å². The predicted molar refractivity (Wildman–Crippen MR) is 68.8 cm³/mol. The monoisotopic (exact) mass is 221 g/mol. The van der Waals surface area contributed by atoms with E-state index in [2.05, 4.69) is 4.98 Å². The van der Waals surface area contributed by atoms with E-state index in [1.54, 1.807) is 6.20 Å². The molecular formula is C15H11NO. The van der Waals surface area contributed by atoms with E-state index in [-0.39, 0.29) is 5.88 Å². The molecular weight excluding hydrogens is 210 g/mol. The fourth-order valence-electron chi connectivity index (χ4n) is 2.03. The summed E-state index contributed by atoms with van der Waals surface area (Å²) in [6.07, 6.45) is 1.72. The molecule has 0 atom stereocenters. The van der Waals surface area contributed by atoms with Crippen LogP contribution in [0.15, 0.2) is 60.8 Å². The van der Waals surface area contributed by atoms with Crippen LogP contribution in [-0.4, -0.2) is 10.1 Å². The molecule has 0 fully saturated rings. The van der Waals surface area contributed by atoms with Crippen molar-refractivity contribution in [2.45, 2.75) is 0 Å². The quantitative estimate of drug-likeness (QED) is 0.681. The van der Waals surface area contributed by atoms with Crippen molar-refractivity contribution in [3.63, 3.8) is 0 Å². The van der Waals surface area contributed by atoms with Gasteiger partial charge < -0.3 is 5.11 Å². The Morgan fingerprint density at radius 3 is 2.18 bits per heavy atom. The van der Waals surface area contributed by atoms with Crippen molar-refractivity contribution in [1.82, 2.24) is 4.98 Å². The minimum Gasteiger partial charge on any atom is -0.493 e. The molecule has 0 aliphatic rings. The minimum atomic E-state index is 0.0836. The van der Waals surface area contributed by atoms with Crippen LogP contribution < -0.4 is 0 Å². The van der Waals surface area contributed by atoms with E-state index < -0.39 is 0 Å². The summed E-state index contributed by atoms with van der Waals surface area (Å²) in [6.45, 7) is 0. The van der Waals surface area contributed by atoms with Crippen molar-refractivity contribution < 1.29 is 5.11 Å². The van der Waals surface area contributed by atoms with Gasteiger partial charge in [0.15, 0.2) is 0 Å². The van der Waals surface area contributed by atoms with Gasteiger partial charge in [0.05, 0.1) is 0 Å². The minimum absolute atomic E-state index is 0.0836. The molecule has 17 heavy (non-hydrogen) atoms. The van der Waals surface area contributed by atoms with Crippen molar-refractivity contribution in [3.05, 3.63) is 60.8 Å². The van der Waals surface area contributed by atoms with Crippen LogP contribution in [0.5, 0.6) is 5.88 Å². The number of aromatic hydroxyl groups is 1. The van der Waals surface area contributed by atoms with Gasteiger partial charge in [0.25, 0.3) is 0 Å². The summed E-state index contributed by atoms with van der Waals surface area (Å²) in [4.78, 5) is 4.04. The molecule has 0 saturated carbocycles. The summed E-state index contributed by atoms with van der Waals surface area (Å²) in [5.74, 6) is 0.0836. The van der Waals surface area contributed by atoms with Gasteiger partial charge in [-0.3, -0.25) is 0 Å². The molecule has 0 bridgehead atoms. The van der Waals surface area contributed by atoms with Gasteiger partial charge in [0.1, 0.15) is 0 Å². The first kappa shape index (κ1) is 9.85. The lowest BCUT2D eigenvalue weighted by atomic mass is 10.0. The van der Waals surface area contributed by atoms with E-state index in [9.17, 15) is 5.11 Å². The number of fused-ring (bicyclic) bond motifs is 1. The summed E-state index contributed by atoms with van der Waals surface area (Å²) in [5, 5.41) is 11.5. The SMILES string of the molecule is Oc1ncc(-c2ccccc2)c2ccccc12. The highest BCUT2D eigenvalue weighted by molar-refractivity contribution is 5.98. The van der Waals surface area contributed by atoms with Crippen LogP contribution in [0.2, 0.25) is 0 Å². The summed E-state index contributed by atoms with van der Waals surface area (Å²) >= 11 is 0. The van der Waals surface area contributed by atoms with Gasteiger partial charge in [0, 0.05) is 17.1 Å². The van der Waals surface area contributed by atoms with Gasteiger partial charge in [-0.25, -0.2) is 4.98 Å². The molecule has 0 spiro atoms. The third-order valence-corrected chi connectivity index (χ3v) is 2.86. The van der Waals surface area contributed by atoms with E-state index in [0.29, 0.717) is 0 Å². The standard InChI is InChI=1S/C15H11NO/c17-15-13-9-5-4-8-12(13)14(10-16-15)11-6-2-1-3-7-11/h1-10H,(H,16,17). The predicted octanol–water partition coefficient (Wildman–Crippen LogP) is 3.61. The molecule has 0 aliphatic heterocycles. The fraction of sp³-hybridized carbons (Fsp3) is 0. The Morgan fingerprint density at radius 2 is 1.41 bits per heavy atom. The Balaban J connectivity index is 2.35. The van der Waals surface area contributed by atoms with E-state index in [0.717, 1.165) is 21.9 Å². The molecule has 1 N–H and O–H groups in total. The van der Waals surface area contributed by atoms with Gasteiger partial charge >= 0.3 is 0 Å². The van der Waals surface area contributed by atoms with Crippen molar-refractivity contribution >= 4 is 10.8 Å². The van der Waals surface area contributed by atoms with Crippen LogP contribution in [0.4, 0.5) is 0 Å². The molecule has 2 heteroatoms. The van der Waals surface area contributed by atoms with Crippen molar-refractivity contribution in [1.29, 1.82) is 0 Å². The fourth-order valence-corrected chi connectivity index (χ4v) is 2.03. The van der Waals surface area contributed by atoms with E-state index >= 15 is 0 Å². The molecule has 0 amide bonds. The van der Waals surface area contributed by atoms with Crippen LogP contribution in [0, 0.1) is 0 Å². The number of benzene rings is 2. The van der Waals surface area contributed by atoms with Crippen LogP contribution >= 0.6 is 0 Å². The number of pyridine rings is 1. The second-order valence-electron chi connectivity index (χ2n) is 3.91. The summed E-state index contributed by atoms with van der Waals surface area (Å²) in [5.41, 5.74) is 2.15. The number of nitrogens with zero attached hydrogens (tertiary/aromatic N) is 1. The second-order valence-corrected chi connectivity index (χ2v) is 3.91. The van der Waals surface area contributed by atoms with Crippen molar-refractivity contribution in [2.75, 3.05) is 0 Å². The molecule has 0 saturated heterocycles. The summed E-state index contributed by atoms with van der Waals surface area (Å²) in [7, 11) is 0. The van der Waals surface area contributed by atoms with Crippen LogP contribution in [0.3, 0.4) is 0 Å². The first-order valence-electron chi connectivity index (χ1n) is 5.48. The average molecular weight is 221 g/mol. The third-order valence-electron chi connectivity index (χ3n) is 2.86. The summed E-state index contributed by atoms with van der Waals surface area (Å²) in [6, 6.07) is 17.8. The third kappa shape index (κ3) is 1.64. The molecule has 1 aromatic heterocycles. The van der Waals surface area contributed by atoms with Gasteiger partial charge in [-0.2, -0.15) is 0 Å². The highest BCUT2D eigenvalue weighted by Gasteiger charge is 2.06. The molecule has 2 nitrogen and oxygen atoms in total. The molecule has 0 aliphatic carbocycles. The Kier molecular flexibility index (Phi) is 2.26. The van der Waals surface area contributed by atoms with Crippen molar-refractivity contribution in [2.24, 2.45) is 0 Å². The maximum absolute atomic E-state index is 9.73. The van der Waals surface area contributed by atoms with Gasteiger partial charge in [0.2, 0.25) is 5.88 Å². The van der Waals surface area contributed by atoms with Gasteiger partial charge in [-0.15, -0.1) is 0 Å². The van der Waals surface area contributed by atoms with Crippen molar-refractivity contribution in [3.8, 4) is 17.0 Å². The lowest BCUT2D eigenvalue weighted by Crippen LogP contribution is -1.84. The van der Waals surface area contributed by atoms with E-state index in [1.165, 1.54) is 0 Å². The zero-order valence-electron chi connectivity index (χ0n) is 9.17. The molecule has 3 aromatic rings. The normalized spacial score (nSPS) is 10.6. The largest absolute Gasteiger partial charge is 0.493 e. The highest BCUT2D eigenvalue weighted by Crippen LogP contribution is 2.31. The maximum atomic E-state index is 9.73. The zero-order valence-corrected chi connectivity index (χ0v) is 9.17. The molecule has 0 radical (unpaired) electrons. The lowest BCUT2D eigenvalue weighted by Gasteiger charge is -2.07. The lowest BCUT2D eigenvalue weighted by molar-refractivity contribution is 0.460. The van der Waals surface area contributed by atoms with Gasteiger partial charge in [-0.05, 0) is 17.0 Å². The average Bonchev–Trinajstić information content (AvgIpc) is 2.41. The Hall–Kier alpha value is -2.35. The molecule has 2 aromatic carbocycles. The summed E-state index contributed by atoms with van der Waals surface area (Å²) < 4.78 is 0. The molecule has 1 heterocycles. The van der Waals surface area contributed by atoms with Crippen LogP contribution in [0.1, 0.15) is 0 Å². The zero-order chi connectivity index (χ0) is 11.7. The Bertz CT molecular complexity index is 662. The molecule has 3 rings (SSSR count). The van der Waals surface area contributed by atoms with E-state index in [1.807, 2.05) is 54.6 Å². The topological polar surface area (TPSA) is 33.1 Å². The Labute approximate surface area is 99.2 Å². The molecule has 82 valence electrons. The van der Waals surface area contributed by atoms with Crippen LogP contribution in [-0.2, 0) is 0 Å². The maximum Gasteiger partial charge on any atom is 0.218 e. The first-order chi connectivity index (χ1) is 8.36. The molecule has 0 unspecified atom stereocenters. The Morgan fingerprint density at radius 1 is 0.765 bits per heavy atom. The smallest absolute Gasteiger partial charge is 0.218 e. The number of aromatic nitrogens is 1. The number of hydrogen-bond donors (Lipinski definition) is 1. The second kappa shape index (κ2) is 3.91. The number of hydrogen-bond acceptors (Lipinski definition) is 2. The highest BCUT2D eigenvalue weighted by atomic mass is 16.3.